The first-order valence-electron chi connectivity index (χ1n) is 24.8. The normalized spacial score (nSPS) is 16.1. The zero-order valence-electron chi connectivity index (χ0n) is 39.1. The van der Waals surface area contributed by atoms with Crippen LogP contribution < -0.4 is 14.7 Å². The Hall–Kier alpha value is -9.06. The van der Waals surface area contributed by atoms with E-state index < -0.39 is 0 Å². The highest BCUT2D eigenvalue weighted by Crippen LogP contribution is 2.52. The van der Waals surface area contributed by atoms with Crippen molar-refractivity contribution in [1.82, 2.24) is 9.13 Å². The highest BCUT2D eigenvalue weighted by Gasteiger charge is 2.40. The van der Waals surface area contributed by atoms with Crippen molar-refractivity contribution in [1.29, 1.82) is 0 Å². The van der Waals surface area contributed by atoms with Gasteiger partial charge >= 0.3 is 0 Å². The second-order valence-electron chi connectivity index (χ2n) is 18.8. The van der Waals surface area contributed by atoms with Gasteiger partial charge in [-0.05, 0) is 146 Å². The van der Waals surface area contributed by atoms with Gasteiger partial charge in [-0.3, -0.25) is 0 Å². The lowest BCUT2D eigenvalue weighted by Crippen LogP contribution is -2.31. The molecule has 338 valence electrons. The van der Waals surface area contributed by atoms with Gasteiger partial charge in [-0.25, -0.2) is 0 Å². The van der Waals surface area contributed by atoms with E-state index in [0.717, 1.165) is 47.0 Å². The lowest BCUT2D eigenvalue weighted by molar-refractivity contribution is 0.734. The predicted octanol–water partition coefficient (Wildman–Crippen LogP) is 17.1. The molecule has 2 aromatic heterocycles. The molecule has 2 atom stereocenters. The standard InChI is InChI=1S/C66H49N5/c1-6-20-46(21-7-1)67(51-34-38-63-57(42-51)55-30-16-18-32-61(55)69(63)48-24-10-3-11-25-48)53-36-40-65-59(44-53)60-45-54(37-41-66(60)71(65)50-28-14-5-15-29-50)68(47-22-8-2-9-23-47)52-35-39-64-58(43-52)56-31-17-19-33-62(56)70(64)49-26-12-4-13-27-49/h1,3-8,10-45,60,66H,2,9H2. The number of nitrogens with zero attached hydrogens (tertiary/aromatic N) is 5. The van der Waals surface area contributed by atoms with Crippen molar-refractivity contribution in [2.75, 3.05) is 14.7 Å². The Kier molecular flexibility index (Phi) is 9.73. The molecule has 2 aliphatic carbocycles. The molecule has 0 saturated heterocycles. The van der Waals surface area contributed by atoms with Crippen molar-refractivity contribution in [3.05, 3.63) is 278 Å². The third kappa shape index (κ3) is 6.76. The summed E-state index contributed by atoms with van der Waals surface area (Å²) in [5.74, 6) is 0.0634. The molecular formula is C66H49N5. The van der Waals surface area contributed by atoms with Crippen LogP contribution >= 0.6 is 0 Å². The summed E-state index contributed by atoms with van der Waals surface area (Å²) in [6, 6.07) is 82.0. The minimum absolute atomic E-state index is 0.0634. The average molecular weight is 912 g/mol. The van der Waals surface area contributed by atoms with Crippen molar-refractivity contribution in [2.24, 2.45) is 0 Å². The largest absolute Gasteiger partial charge is 0.333 e. The van der Waals surface area contributed by atoms with Crippen LogP contribution in [0, 0.1) is 0 Å². The first-order valence-corrected chi connectivity index (χ1v) is 24.8. The smallest absolute Gasteiger partial charge is 0.0631 e. The van der Waals surface area contributed by atoms with Crippen LogP contribution in [0.3, 0.4) is 0 Å². The van der Waals surface area contributed by atoms with Crippen LogP contribution in [0.2, 0.25) is 0 Å². The summed E-state index contributed by atoms with van der Waals surface area (Å²) >= 11 is 0. The fraction of sp³-hybridized carbons (Fsp3) is 0.0606. The molecule has 0 spiro atoms. The van der Waals surface area contributed by atoms with Gasteiger partial charge in [0.15, 0.2) is 0 Å². The Bertz CT molecular complexity index is 3950. The summed E-state index contributed by atoms with van der Waals surface area (Å²) in [6.45, 7) is 0. The summed E-state index contributed by atoms with van der Waals surface area (Å²) in [7, 11) is 0. The van der Waals surface area contributed by atoms with Gasteiger partial charge in [-0.1, -0.05) is 133 Å². The number of para-hydroxylation sites is 6. The van der Waals surface area contributed by atoms with Gasteiger partial charge < -0.3 is 23.8 Å². The number of hydrogen-bond acceptors (Lipinski definition) is 3. The van der Waals surface area contributed by atoms with E-state index in [1.807, 2.05) is 0 Å². The molecule has 14 rings (SSSR count). The van der Waals surface area contributed by atoms with Crippen molar-refractivity contribution in [2.45, 2.75) is 24.8 Å². The number of rotatable bonds is 9. The van der Waals surface area contributed by atoms with Crippen LogP contribution in [0.1, 0.15) is 24.3 Å². The van der Waals surface area contributed by atoms with Gasteiger partial charge in [0.25, 0.3) is 0 Å². The second kappa shape index (κ2) is 16.9. The van der Waals surface area contributed by atoms with Crippen LogP contribution in [0.15, 0.2) is 272 Å². The van der Waals surface area contributed by atoms with Crippen LogP contribution in [0.4, 0.5) is 34.1 Å². The number of fused-ring (bicyclic) bond motifs is 9. The van der Waals surface area contributed by atoms with Gasteiger partial charge in [0.2, 0.25) is 0 Å². The van der Waals surface area contributed by atoms with E-state index in [2.05, 4.69) is 285 Å². The molecule has 0 bridgehead atoms. The number of benzene rings is 9. The van der Waals surface area contributed by atoms with Crippen LogP contribution in [-0.2, 0) is 0 Å². The molecule has 0 amide bonds. The molecule has 0 radical (unpaired) electrons. The van der Waals surface area contributed by atoms with Crippen molar-refractivity contribution in [3.63, 3.8) is 0 Å². The third-order valence-electron chi connectivity index (χ3n) is 14.8. The zero-order valence-corrected chi connectivity index (χ0v) is 39.1. The second-order valence-corrected chi connectivity index (χ2v) is 18.8. The van der Waals surface area contributed by atoms with Crippen molar-refractivity contribution >= 4 is 77.7 Å². The van der Waals surface area contributed by atoms with E-state index in [1.54, 1.807) is 0 Å². The number of anilines is 6. The Labute approximate surface area is 413 Å². The van der Waals surface area contributed by atoms with E-state index in [9.17, 15) is 0 Å². The summed E-state index contributed by atoms with van der Waals surface area (Å²) < 4.78 is 4.78. The third-order valence-corrected chi connectivity index (χ3v) is 14.8. The minimum Gasteiger partial charge on any atom is -0.333 e. The molecule has 3 aliphatic rings. The fourth-order valence-corrected chi connectivity index (χ4v) is 11.7. The Morgan fingerprint density at radius 3 is 1.48 bits per heavy atom. The highest BCUT2D eigenvalue weighted by atomic mass is 15.2. The molecule has 0 N–H and O–H groups in total. The van der Waals surface area contributed by atoms with Gasteiger partial charge in [0, 0.05) is 84.4 Å². The Balaban J connectivity index is 0.928. The number of aromatic nitrogens is 2. The molecule has 5 heteroatoms. The fourth-order valence-electron chi connectivity index (χ4n) is 11.7. The average Bonchev–Trinajstić information content (AvgIpc) is 4.07. The SMILES string of the molecule is C1=CC(N(C2=CC3c4cc(N(c5ccccc5)c5ccc6c(c5)c5ccccc5n6-c5ccccc5)ccc4N(c4ccccc4)C3C=C2)c2ccc3c(c2)c2ccccc2n3-c2ccccc2)=CCC1. The molecule has 0 fully saturated rings. The maximum atomic E-state index is 2.54. The van der Waals surface area contributed by atoms with Crippen LogP contribution in [0.5, 0.6) is 0 Å². The first-order chi connectivity index (χ1) is 35.2. The van der Waals surface area contributed by atoms with Crippen molar-refractivity contribution in [3.8, 4) is 11.4 Å². The summed E-state index contributed by atoms with van der Waals surface area (Å²) in [6.07, 6.45) is 16.4. The molecule has 5 nitrogen and oxygen atoms in total. The van der Waals surface area contributed by atoms with E-state index in [1.165, 1.54) is 71.9 Å². The van der Waals surface area contributed by atoms with Gasteiger partial charge in [0.1, 0.15) is 0 Å². The maximum absolute atomic E-state index is 2.54. The number of hydrogen-bond donors (Lipinski definition) is 0. The van der Waals surface area contributed by atoms with Crippen LogP contribution in [0.25, 0.3) is 55.0 Å². The molecule has 9 aromatic carbocycles. The van der Waals surface area contributed by atoms with E-state index >= 15 is 0 Å². The monoisotopic (exact) mass is 911 g/mol. The number of allylic oxidation sites excluding steroid dienone is 4. The molecule has 71 heavy (non-hydrogen) atoms. The van der Waals surface area contributed by atoms with Crippen molar-refractivity contribution < 1.29 is 0 Å². The van der Waals surface area contributed by atoms with Gasteiger partial charge in [-0.2, -0.15) is 0 Å². The minimum atomic E-state index is 0.0634. The molecule has 0 saturated carbocycles. The van der Waals surface area contributed by atoms with Gasteiger partial charge in [0.05, 0.1) is 28.1 Å². The van der Waals surface area contributed by atoms with Crippen LogP contribution in [-0.4, -0.2) is 15.2 Å². The topological polar surface area (TPSA) is 19.6 Å². The summed E-state index contributed by atoms with van der Waals surface area (Å²) in [5, 5.41) is 4.94. The molecule has 3 heterocycles. The molecular weight excluding hydrogens is 863 g/mol. The quantitative estimate of drug-likeness (QED) is 0.144. The van der Waals surface area contributed by atoms with E-state index in [0.29, 0.717) is 0 Å². The molecule has 11 aromatic rings. The lowest BCUT2D eigenvalue weighted by Gasteiger charge is -2.34. The Morgan fingerprint density at radius 1 is 0.380 bits per heavy atom. The van der Waals surface area contributed by atoms with E-state index in [-0.39, 0.29) is 12.0 Å². The zero-order chi connectivity index (χ0) is 46.8. The Morgan fingerprint density at radius 2 is 0.887 bits per heavy atom. The molecule has 2 unspecified atom stereocenters. The summed E-state index contributed by atoms with van der Waals surface area (Å²) in [5.41, 5.74) is 17.7. The van der Waals surface area contributed by atoms with Gasteiger partial charge in [-0.15, -0.1) is 0 Å². The van der Waals surface area contributed by atoms with E-state index in [4.69, 9.17) is 0 Å². The summed E-state index contributed by atoms with van der Waals surface area (Å²) in [4.78, 5) is 7.46. The lowest BCUT2D eigenvalue weighted by atomic mass is 9.89. The first kappa shape index (κ1) is 41.0. The highest BCUT2D eigenvalue weighted by molar-refractivity contribution is 6.12. The predicted molar refractivity (Wildman–Crippen MR) is 298 cm³/mol. The maximum Gasteiger partial charge on any atom is 0.0631 e. The molecule has 1 aliphatic heterocycles.